The largest absolute Gasteiger partial charge is 0.468 e. The molecule has 0 spiro atoms. The highest BCUT2D eigenvalue weighted by Gasteiger charge is 2.09. The van der Waals surface area contributed by atoms with Crippen LogP contribution in [0.2, 0.25) is 0 Å². The Hall–Kier alpha value is -0.410. The van der Waals surface area contributed by atoms with Crippen LogP contribution >= 0.6 is 11.8 Å². The molecule has 0 aliphatic heterocycles. The molecule has 68 valence electrons. The van der Waals surface area contributed by atoms with Gasteiger partial charge < -0.3 is 9.52 Å². The van der Waals surface area contributed by atoms with Gasteiger partial charge in [-0.2, -0.15) is 0 Å². The Bertz CT molecular complexity index is 206. The highest BCUT2D eigenvalue weighted by Crippen LogP contribution is 2.19. The number of hydrogen-bond donors (Lipinski definition) is 1. The summed E-state index contributed by atoms with van der Waals surface area (Å²) in [5.41, 5.74) is 0. The summed E-state index contributed by atoms with van der Waals surface area (Å²) in [5.74, 6) is 1.80. The molecule has 3 heteroatoms. The van der Waals surface area contributed by atoms with Crippen molar-refractivity contribution >= 4 is 11.8 Å². The molecule has 0 saturated carbocycles. The lowest BCUT2D eigenvalue weighted by molar-refractivity contribution is 0.196. The monoisotopic (exact) mass is 186 g/mol. The van der Waals surface area contributed by atoms with Crippen molar-refractivity contribution in [3.05, 3.63) is 24.2 Å². The van der Waals surface area contributed by atoms with Crippen LogP contribution in [-0.2, 0) is 5.75 Å². The molecule has 12 heavy (non-hydrogen) atoms. The van der Waals surface area contributed by atoms with Gasteiger partial charge >= 0.3 is 0 Å². The maximum atomic E-state index is 9.20. The van der Waals surface area contributed by atoms with Crippen molar-refractivity contribution in [1.82, 2.24) is 0 Å². The van der Waals surface area contributed by atoms with Gasteiger partial charge in [-0.15, -0.1) is 11.8 Å². The zero-order valence-corrected chi connectivity index (χ0v) is 8.17. The minimum Gasteiger partial charge on any atom is -0.468 e. The van der Waals surface area contributed by atoms with Gasteiger partial charge in [0, 0.05) is 5.25 Å². The molecule has 0 amide bonds. The molecule has 1 N–H and O–H groups in total. The van der Waals surface area contributed by atoms with E-state index < -0.39 is 0 Å². The van der Waals surface area contributed by atoms with Crippen LogP contribution in [0, 0.1) is 0 Å². The number of aliphatic hydroxyl groups is 1. The van der Waals surface area contributed by atoms with Gasteiger partial charge in [0.25, 0.3) is 0 Å². The van der Waals surface area contributed by atoms with Gasteiger partial charge in [-0.1, -0.05) is 6.92 Å². The predicted octanol–water partition coefficient (Wildman–Crippen LogP) is 2.28. The third kappa shape index (κ3) is 2.91. The molecule has 2 unspecified atom stereocenters. The lowest BCUT2D eigenvalue weighted by atomic mass is 10.3. The first kappa shape index (κ1) is 9.68. The van der Waals surface area contributed by atoms with E-state index in [4.69, 9.17) is 4.42 Å². The van der Waals surface area contributed by atoms with Crippen molar-refractivity contribution in [2.75, 3.05) is 0 Å². The molecule has 0 saturated heterocycles. The lowest BCUT2D eigenvalue weighted by Crippen LogP contribution is -2.15. The molecular formula is C9H14O2S. The maximum Gasteiger partial charge on any atom is 0.113 e. The average Bonchev–Trinajstić information content (AvgIpc) is 2.51. The van der Waals surface area contributed by atoms with Gasteiger partial charge in [0.15, 0.2) is 0 Å². The van der Waals surface area contributed by atoms with Gasteiger partial charge in [-0.3, -0.25) is 0 Å². The van der Waals surface area contributed by atoms with Crippen molar-refractivity contribution < 1.29 is 9.52 Å². The summed E-state index contributed by atoms with van der Waals surface area (Å²) in [6.45, 7) is 3.82. The van der Waals surface area contributed by atoms with Gasteiger partial charge in [-0.05, 0) is 19.1 Å². The Balaban J connectivity index is 2.27. The van der Waals surface area contributed by atoms with E-state index in [0.717, 1.165) is 11.5 Å². The molecule has 0 aliphatic rings. The van der Waals surface area contributed by atoms with Crippen molar-refractivity contribution in [2.45, 2.75) is 31.0 Å². The third-order valence-electron chi connectivity index (χ3n) is 1.75. The van der Waals surface area contributed by atoms with Crippen LogP contribution in [0.1, 0.15) is 19.6 Å². The second-order valence-electron chi connectivity index (χ2n) is 2.84. The number of thioether (sulfide) groups is 1. The summed E-state index contributed by atoms with van der Waals surface area (Å²) in [5, 5.41) is 9.46. The number of furan rings is 1. The Labute approximate surface area is 77.0 Å². The van der Waals surface area contributed by atoms with Crippen LogP contribution in [0.5, 0.6) is 0 Å². The molecule has 0 aliphatic carbocycles. The first-order chi connectivity index (χ1) is 5.70. The summed E-state index contributed by atoms with van der Waals surface area (Å²) in [4.78, 5) is 0. The molecule has 2 nitrogen and oxygen atoms in total. The molecule has 1 rings (SSSR count). The summed E-state index contributed by atoms with van der Waals surface area (Å²) < 4.78 is 5.16. The molecule has 0 bridgehead atoms. The van der Waals surface area contributed by atoms with Gasteiger partial charge in [0.2, 0.25) is 0 Å². The Morgan fingerprint density at radius 3 is 2.83 bits per heavy atom. The molecule has 1 heterocycles. The minimum absolute atomic E-state index is 0.259. The number of rotatable bonds is 4. The fourth-order valence-corrected chi connectivity index (χ4v) is 1.62. The van der Waals surface area contributed by atoms with E-state index in [-0.39, 0.29) is 11.4 Å². The topological polar surface area (TPSA) is 33.4 Å². The first-order valence-electron chi connectivity index (χ1n) is 4.02. The summed E-state index contributed by atoms with van der Waals surface area (Å²) in [6, 6.07) is 3.82. The van der Waals surface area contributed by atoms with Crippen molar-refractivity contribution in [2.24, 2.45) is 0 Å². The van der Waals surface area contributed by atoms with Crippen molar-refractivity contribution in [3.63, 3.8) is 0 Å². The van der Waals surface area contributed by atoms with Gasteiger partial charge in [0.05, 0.1) is 18.1 Å². The van der Waals surface area contributed by atoms with Crippen LogP contribution in [0.25, 0.3) is 0 Å². The molecule has 0 aromatic carbocycles. The van der Waals surface area contributed by atoms with Crippen LogP contribution in [0.3, 0.4) is 0 Å². The Morgan fingerprint density at radius 2 is 2.33 bits per heavy atom. The maximum absolute atomic E-state index is 9.20. The zero-order valence-electron chi connectivity index (χ0n) is 7.36. The van der Waals surface area contributed by atoms with Crippen molar-refractivity contribution in [3.8, 4) is 0 Å². The Morgan fingerprint density at radius 1 is 1.58 bits per heavy atom. The summed E-state index contributed by atoms with van der Waals surface area (Å²) in [7, 11) is 0. The summed E-state index contributed by atoms with van der Waals surface area (Å²) >= 11 is 1.70. The predicted molar refractivity (Wildman–Crippen MR) is 51.1 cm³/mol. The van der Waals surface area contributed by atoms with E-state index in [1.165, 1.54) is 0 Å². The lowest BCUT2D eigenvalue weighted by Gasteiger charge is -2.12. The van der Waals surface area contributed by atoms with Gasteiger partial charge in [-0.25, -0.2) is 0 Å². The van der Waals surface area contributed by atoms with E-state index in [1.807, 2.05) is 19.1 Å². The molecular weight excluding hydrogens is 172 g/mol. The fourth-order valence-electron chi connectivity index (χ4n) is 0.748. The smallest absolute Gasteiger partial charge is 0.113 e. The second kappa shape index (κ2) is 4.58. The SMILES string of the molecule is CC(O)C(C)SCc1ccco1. The van der Waals surface area contributed by atoms with Crippen LogP contribution in [-0.4, -0.2) is 16.5 Å². The van der Waals surface area contributed by atoms with Crippen LogP contribution < -0.4 is 0 Å². The van der Waals surface area contributed by atoms with E-state index in [2.05, 4.69) is 0 Å². The molecule has 1 aromatic heterocycles. The van der Waals surface area contributed by atoms with Crippen LogP contribution in [0.15, 0.2) is 22.8 Å². The molecule has 0 radical (unpaired) electrons. The summed E-state index contributed by atoms with van der Waals surface area (Å²) in [6.07, 6.45) is 1.41. The molecule has 2 atom stereocenters. The number of aliphatic hydroxyl groups excluding tert-OH is 1. The van der Waals surface area contributed by atoms with Gasteiger partial charge in [0.1, 0.15) is 5.76 Å². The standard InChI is InChI=1S/C9H14O2S/c1-7(10)8(2)12-6-9-4-3-5-11-9/h3-5,7-8,10H,6H2,1-2H3. The zero-order chi connectivity index (χ0) is 8.97. The van der Waals surface area contributed by atoms with E-state index in [9.17, 15) is 5.11 Å². The van der Waals surface area contributed by atoms with E-state index in [1.54, 1.807) is 24.9 Å². The second-order valence-corrected chi connectivity index (χ2v) is 4.20. The first-order valence-corrected chi connectivity index (χ1v) is 5.07. The highest BCUT2D eigenvalue weighted by molar-refractivity contribution is 7.99. The van der Waals surface area contributed by atoms with E-state index >= 15 is 0 Å². The Kier molecular flexibility index (Phi) is 3.69. The highest BCUT2D eigenvalue weighted by atomic mass is 32.2. The molecule has 1 aromatic rings. The van der Waals surface area contributed by atoms with E-state index in [0.29, 0.717) is 0 Å². The third-order valence-corrected chi connectivity index (χ3v) is 3.12. The quantitative estimate of drug-likeness (QED) is 0.783. The van der Waals surface area contributed by atoms with Crippen LogP contribution in [0.4, 0.5) is 0 Å². The number of hydrogen-bond acceptors (Lipinski definition) is 3. The average molecular weight is 186 g/mol. The van der Waals surface area contributed by atoms with Crippen molar-refractivity contribution in [1.29, 1.82) is 0 Å². The fraction of sp³-hybridized carbons (Fsp3) is 0.556. The minimum atomic E-state index is -0.259. The molecule has 0 fully saturated rings. The normalized spacial score (nSPS) is 15.9.